The van der Waals surface area contributed by atoms with E-state index in [0.717, 1.165) is 0 Å². The minimum Gasteiger partial charge on any atom is -0.465 e. The zero-order chi connectivity index (χ0) is 22.9. The van der Waals surface area contributed by atoms with Crippen molar-refractivity contribution in [2.24, 2.45) is 11.1 Å². The van der Waals surface area contributed by atoms with Gasteiger partial charge in [0.25, 0.3) is 5.69 Å². The Hall–Kier alpha value is -4.00. The maximum Gasteiger partial charge on any atom is 0.329 e. The van der Waals surface area contributed by atoms with Gasteiger partial charge in [-0.3, -0.25) is 24.5 Å². The largest absolute Gasteiger partial charge is 0.465 e. The van der Waals surface area contributed by atoms with E-state index in [9.17, 15) is 29.8 Å². The third-order valence-electron chi connectivity index (χ3n) is 5.60. The molecule has 3 rings (SSSR count). The molecule has 2 N–H and O–H groups in total. The lowest BCUT2D eigenvalue weighted by molar-refractivity contribution is -0.384. The number of rotatable bonds is 6. The number of nitrogens with two attached hydrogens (primary N) is 1. The number of allylic oxidation sites excluding steroid dienone is 2. The Morgan fingerprint density at radius 2 is 2.10 bits per heavy atom. The number of Topliss-reactive ketones (excluding diaryl/α,β-unsaturated/α-hetero) is 1. The van der Waals surface area contributed by atoms with E-state index in [4.69, 9.17) is 10.5 Å². The molecule has 31 heavy (non-hydrogen) atoms. The molecule has 0 bridgehead atoms. The monoisotopic (exact) mass is 424 g/mol. The highest BCUT2D eigenvalue weighted by Gasteiger charge is 2.66. The number of nitro groups is 1. The molecule has 2 aliphatic rings. The number of fused-ring (bicyclic) bond motifs is 1. The fraction of sp³-hybridized carbons (Fsp3) is 0.333. The van der Waals surface area contributed by atoms with Crippen LogP contribution in [0.4, 0.5) is 5.69 Å². The van der Waals surface area contributed by atoms with Gasteiger partial charge >= 0.3 is 5.97 Å². The van der Waals surface area contributed by atoms with E-state index < -0.39 is 40.2 Å². The summed E-state index contributed by atoms with van der Waals surface area (Å²) in [5.74, 6) is -3.18. The fourth-order valence-electron chi connectivity index (χ4n) is 4.30. The van der Waals surface area contributed by atoms with Crippen molar-refractivity contribution in [3.63, 3.8) is 0 Å². The molecule has 0 spiro atoms. The van der Waals surface area contributed by atoms with E-state index in [1.807, 2.05) is 6.07 Å². The number of non-ortho nitro benzene ring substituents is 1. The summed E-state index contributed by atoms with van der Waals surface area (Å²) in [5.41, 5.74) is 3.97. The van der Waals surface area contributed by atoms with Gasteiger partial charge in [0.2, 0.25) is 5.91 Å². The van der Waals surface area contributed by atoms with E-state index >= 15 is 0 Å². The van der Waals surface area contributed by atoms with Crippen LogP contribution in [0.3, 0.4) is 0 Å². The van der Waals surface area contributed by atoms with Crippen LogP contribution in [-0.4, -0.2) is 46.2 Å². The first-order valence-corrected chi connectivity index (χ1v) is 9.49. The molecule has 0 radical (unpaired) electrons. The van der Waals surface area contributed by atoms with Gasteiger partial charge in [0.1, 0.15) is 6.04 Å². The van der Waals surface area contributed by atoms with Crippen LogP contribution in [0.2, 0.25) is 0 Å². The molecule has 0 aliphatic carbocycles. The molecule has 1 saturated heterocycles. The summed E-state index contributed by atoms with van der Waals surface area (Å²) in [7, 11) is 0. The molecule has 0 saturated carbocycles. The SMILES string of the molecule is CCOC(=O)[C@@]1(C#N)[C@@H]2C=CC(C(C)=O)=CN2[C@@H](C(N)=O)[C@@H]1c1cccc([N+](=O)[O-])c1. The Morgan fingerprint density at radius 3 is 2.65 bits per heavy atom. The minimum atomic E-state index is -1.93. The number of hydrogen-bond donors (Lipinski definition) is 1. The van der Waals surface area contributed by atoms with Crippen molar-refractivity contribution in [1.29, 1.82) is 5.26 Å². The third-order valence-corrected chi connectivity index (χ3v) is 5.60. The first-order chi connectivity index (χ1) is 14.7. The second-order valence-corrected chi connectivity index (χ2v) is 7.27. The Labute approximate surface area is 177 Å². The first-order valence-electron chi connectivity index (χ1n) is 9.49. The van der Waals surface area contributed by atoms with Crippen LogP contribution < -0.4 is 5.73 Å². The van der Waals surface area contributed by atoms with Crippen LogP contribution in [0.1, 0.15) is 25.3 Å². The molecule has 2 heterocycles. The average Bonchev–Trinajstić information content (AvgIpc) is 3.04. The Kier molecular flexibility index (Phi) is 5.62. The standard InChI is InChI=1S/C21H20N4O6/c1-3-31-20(28)21(11-22)16-8-7-14(12(2)26)10-24(16)18(19(23)27)17(21)13-5-4-6-15(9-13)25(29)30/h4-10,16-18H,3H2,1-2H3,(H2,23,27)/t16-,17-,18+,21-/m0/s1. The molecule has 1 amide bonds. The van der Waals surface area contributed by atoms with E-state index in [0.29, 0.717) is 0 Å². The number of carbonyl (C=O) groups excluding carboxylic acids is 3. The topological polar surface area (TPSA) is 157 Å². The first kappa shape index (κ1) is 21.7. The van der Waals surface area contributed by atoms with Crippen molar-refractivity contribution in [3.05, 3.63) is 63.9 Å². The second-order valence-electron chi connectivity index (χ2n) is 7.27. The van der Waals surface area contributed by atoms with Gasteiger partial charge in [0, 0.05) is 29.8 Å². The lowest BCUT2D eigenvalue weighted by Crippen LogP contribution is -2.45. The van der Waals surface area contributed by atoms with Crippen LogP contribution in [0.15, 0.2) is 48.2 Å². The van der Waals surface area contributed by atoms with Crippen molar-refractivity contribution in [2.75, 3.05) is 6.61 Å². The maximum atomic E-state index is 13.2. The Bertz CT molecular complexity index is 1070. The number of nitriles is 1. The highest BCUT2D eigenvalue weighted by molar-refractivity contribution is 5.97. The van der Waals surface area contributed by atoms with Gasteiger partial charge in [-0.05, 0) is 19.4 Å². The van der Waals surface area contributed by atoms with Crippen LogP contribution in [-0.2, 0) is 19.1 Å². The van der Waals surface area contributed by atoms with Crippen molar-refractivity contribution >= 4 is 23.3 Å². The summed E-state index contributed by atoms with van der Waals surface area (Å²) in [6.07, 6.45) is 4.36. The molecular formula is C21H20N4O6. The van der Waals surface area contributed by atoms with Crippen molar-refractivity contribution in [3.8, 4) is 6.07 Å². The summed E-state index contributed by atoms with van der Waals surface area (Å²) in [4.78, 5) is 49.7. The van der Waals surface area contributed by atoms with Crippen LogP contribution in [0, 0.1) is 26.9 Å². The number of carbonyl (C=O) groups is 3. The number of amides is 1. The second kappa shape index (κ2) is 8.02. The molecule has 0 unspecified atom stereocenters. The normalized spacial score (nSPS) is 26.4. The molecule has 10 heteroatoms. The predicted molar refractivity (Wildman–Crippen MR) is 107 cm³/mol. The molecular weight excluding hydrogens is 404 g/mol. The number of hydrogen-bond acceptors (Lipinski definition) is 8. The lowest BCUT2D eigenvalue weighted by Gasteiger charge is -2.32. The predicted octanol–water partition coefficient (Wildman–Crippen LogP) is 1.33. The van der Waals surface area contributed by atoms with Gasteiger partial charge in [0.15, 0.2) is 11.2 Å². The van der Waals surface area contributed by atoms with Gasteiger partial charge in [-0.2, -0.15) is 5.26 Å². The van der Waals surface area contributed by atoms with Gasteiger partial charge in [0.05, 0.1) is 23.6 Å². The minimum absolute atomic E-state index is 0.0177. The summed E-state index contributed by atoms with van der Waals surface area (Å²) in [6, 6.07) is 5.21. The number of esters is 1. The van der Waals surface area contributed by atoms with Gasteiger partial charge in [-0.1, -0.05) is 24.3 Å². The zero-order valence-electron chi connectivity index (χ0n) is 16.8. The third kappa shape index (κ3) is 3.34. The van der Waals surface area contributed by atoms with Crippen LogP contribution in [0.5, 0.6) is 0 Å². The molecule has 1 fully saturated rings. The van der Waals surface area contributed by atoms with Gasteiger partial charge in [-0.15, -0.1) is 0 Å². The molecule has 0 aromatic heterocycles. The number of primary amides is 1. The summed E-state index contributed by atoms with van der Waals surface area (Å²) in [6.45, 7) is 2.90. The van der Waals surface area contributed by atoms with Crippen molar-refractivity contribution < 1.29 is 24.0 Å². The molecule has 1 aromatic carbocycles. The average molecular weight is 424 g/mol. The zero-order valence-corrected chi connectivity index (χ0v) is 16.8. The van der Waals surface area contributed by atoms with Gasteiger partial charge < -0.3 is 15.4 Å². The molecule has 4 atom stereocenters. The van der Waals surface area contributed by atoms with E-state index in [1.54, 1.807) is 6.92 Å². The lowest BCUT2D eigenvalue weighted by atomic mass is 9.68. The Balaban J connectivity index is 2.31. The summed E-state index contributed by atoms with van der Waals surface area (Å²) >= 11 is 0. The Morgan fingerprint density at radius 1 is 1.39 bits per heavy atom. The summed E-state index contributed by atoms with van der Waals surface area (Å²) < 4.78 is 5.21. The van der Waals surface area contributed by atoms with Gasteiger partial charge in [-0.25, -0.2) is 0 Å². The highest BCUT2D eigenvalue weighted by Crippen LogP contribution is 2.54. The summed E-state index contributed by atoms with van der Waals surface area (Å²) in [5, 5.41) is 21.6. The van der Waals surface area contributed by atoms with Crippen LogP contribution in [0.25, 0.3) is 0 Å². The van der Waals surface area contributed by atoms with Crippen molar-refractivity contribution in [2.45, 2.75) is 31.8 Å². The molecule has 10 nitrogen and oxygen atoms in total. The van der Waals surface area contributed by atoms with Crippen LogP contribution >= 0.6 is 0 Å². The van der Waals surface area contributed by atoms with Crippen molar-refractivity contribution in [1.82, 2.24) is 4.90 Å². The highest BCUT2D eigenvalue weighted by atomic mass is 16.6. The maximum absolute atomic E-state index is 13.2. The number of ketones is 1. The number of ether oxygens (including phenoxy) is 1. The molecule has 160 valence electrons. The smallest absolute Gasteiger partial charge is 0.329 e. The number of nitrogens with zero attached hydrogens (tertiary/aromatic N) is 3. The molecule has 2 aliphatic heterocycles. The fourth-order valence-corrected chi connectivity index (χ4v) is 4.30. The molecule has 1 aromatic rings. The number of nitro benzene ring substituents is 1. The number of benzene rings is 1. The quantitative estimate of drug-likeness (QED) is 0.407. The van der Waals surface area contributed by atoms with E-state index in [2.05, 4.69) is 0 Å². The van der Waals surface area contributed by atoms with E-state index in [1.165, 1.54) is 54.4 Å². The van der Waals surface area contributed by atoms with E-state index in [-0.39, 0.29) is 29.2 Å².